The zero-order valence-electron chi connectivity index (χ0n) is 11.8. The molecule has 2 aromatic heterocycles. The Morgan fingerprint density at radius 1 is 1.42 bits per heavy atom. The average molecular weight is 276 g/mol. The van der Waals surface area contributed by atoms with Crippen molar-refractivity contribution in [3.8, 4) is 0 Å². The highest BCUT2D eigenvalue weighted by atomic mass is 32.1. The lowest BCUT2D eigenvalue weighted by molar-refractivity contribution is 0.327. The maximum absolute atomic E-state index is 4.67. The van der Waals surface area contributed by atoms with Gasteiger partial charge in [0.1, 0.15) is 5.82 Å². The molecule has 4 nitrogen and oxygen atoms in total. The van der Waals surface area contributed by atoms with Crippen LogP contribution in [-0.4, -0.2) is 32.5 Å². The highest BCUT2D eigenvalue weighted by Gasteiger charge is 2.27. The normalized spacial score (nSPS) is 20.3. The molecule has 1 aliphatic rings. The number of nitrogens with zero attached hydrogens (tertiary/aromatic N) is 4. The number of likely N-dealkylation sites (tertiary alicyclic amines) is 1. The maximum atomic E-state index is 4.67. The number of hydrogen-bond donors (Lipinski definition) is 0. The summed E-state index contributed by atoms with van der Waals surface area (Å²) in [5.41, 5.74) is 4.25. The van der Waals surface area contributed by atoms with Crippen LogP contribution in [0.4, 0.5) is 0 Å². The van der Waals surface area contributed by atoms with Crippen LogP contribution in [0, 0.1) is 13.8 Å². The van der Waals surface area contributed by atoms with Crippen molar-refractivity contribution in [3.63, 3.8) is 0 Å². The van der Waals surface area contributed by atoms with E-state index in [0.29, 0.717) is 5.92 Å². The Balaban J connectivity index is 1.67. The Bertz CT molecular complexity index is 572. The number of imidazole rings is 1. The van der Waals surface area contributed by atoms with E-state index in [2.05, 4.69) is 46.5 Å². The predicted octanol–water partition coefficient (Wildman–Crippen LogP) is 2.48. The number of hydrogen-bond acceptors (Lipinski definition) is 4. The highest BCUT2D eigenvalue weighted by molar-refractivity contribution is 7.09. The lowest BCUT2D eigenvalue weighted by Crippen LogP contribution is -2.20. The van der Waals surface area contributed by atoms with E-state index in [1.54, 1.807) is 11.3 Å². The molecule has 0 aliphatic carbocycles. The molecule has 1 aliphatic heterocycles. The van der Waals surface area contributed by atoms with Gasteiger partial charge in [0.2, 0.25) is 0 Å². The second-order valence-corrected chi connectivity index (χ2v) is 6.37. The molecule has 1 atom stereocenters. The third-order valence-corrected chi connectivity index (χ3v) is 4.80. The summed E-state index contributed by atoms with van der Waals surface area (Å²) in [6.07, 6.45) is 3.33. The van der Waals surface area contributed by atoms with Crippen molar-refractivity contribution < 1.29 is 0 Å². The van der Waals surface area contributed by atoms with Crippen LogP contribution in [0.3, 0.4) is 0 Å². The molecule has 0 radical (unpaired) electrons. The zero-order valence-corrected chi connectivity index (χ0v) is 12.6. The van der Waals surface area contributed by atoms with Gasteiger partial charge in [0.05, 0.1) is 16.9 Å². The molecule has 3 heterocycles. The lowest BCUT2D eigenvalue weighted by Gasteiger charge is -2.15. The summed E-state index contributed by atoms with van der Waals surface area (Å²) in [5, 5.41) is 0. The molecule has 1 fully saturated rings. The maximum Gasteiger partial charge on any atom is 0.113 e. The summed E-state index contributed by atoms with van der Waals surface area (Å²) in [6.45, 7) is 7.48. The van der Waals surface area contributed by atoms with E-state index in [4.69, 9.17) is 0 Å². The summed E-state index contributed by atoms with van der Waals surface area (Å²) in [5.74, 6) is 1.81. The first-order valence-electron chi connectivity index (χ1n) is 6.74. The van der Waals surface area contributed by atoms with E-state index in [1.807, 2.05) is 5.51 Å². The molecule has 0 aromatic carbocycles. The van der Waals surface area contributed by atoms with Gasteiger partial charge in [-0.3, -0.25) is 4.90 Å². The molecule has 1 unspecified atom stereocenters. The van der Waals surface area contributed by atoms with Gasteiger partial charge in [0.15, 0.2) is 0 Å². The summed E-state index contributed by atoms with van der Waals surface area (Å²) >= 11 is 1.77. The van der Waals surface area contributed by atoms with Crippen molar-refractivity contribution >= 4 is 11.3 Å². The van der Waals surface area contributed by atoms with Gasteiger partial charge in [-0.05, 0) is 26.8 Å². The fourth-order valence-electron chi connectivity index (χ4n) is 2.88. The topological polar surface area (TPSA) is 34.0 Å². The van der Waals surface area contributed by atoms with Gasteiger partial charge in [0.25, 0.3) is 0 Å². The van der Waals surface area contributed by atoms with E-state index in [9.17, 15) is 0 Å². The second kappa shape index (κ2) is 5.06. The molecule has 2 aromatic rings. The monoisotopic (exact) mass is 276 g/mol. The van der Waals surface area contributed by atoms with E-state index in [1.165, 1.54) is 22.8 Å². The van der Waals surface area contributed by atoms with Crippen LogP contribution in [0.1, 0.15) is 34.4 Å². The van der Waals surface area contributed by atoms with E-state index in [-0.39, 0.29) is 0 Å². The minimum Gasteiger partial charge on any atom is -0.337 e. The predicted molar refractivity (Wildman–Crippen MR) is 77.4 cm³/mol. The number of thiazole rings is 1. The van der Waals surface area contributed by atoms with Crippen molar-refractivity contribution in [2.75, 3.05) is 13.1 Å². The van der Waals surface area contributed by atoms with Crippen LogP contribution >= 0.6 is 11.3 Å². The molecule has 0 amide bonds. The Morgan fingerprint density at radius 2 is 2.26 bits per heavy atom. The molecular weight excluding hydrogens is 256 g/mol. The fraction of sp³-hybridized carbons (Fsp3) is 0.571. The second-order valence-electron chi connectivity index (χ2n) is 5.43. The molecule has 0 saturated carbocycles. The molecule has 1 saturated heterocycles. The zero-order chi connectivity index (χ0) is 13.4. The van der Waals surface area contributed by atoms with Gasteiger partial charge in [-0.2, -0.15) is 0 Å². The molecule has 3 rings (SSSR count). The Kier molecular flexibility index (Phi) is 3.41. The van der Waals surface area contributed by atoms with Crippen LogP contribution in [0.15, 0.2) is 11.7 Å². The molecule has 0 spiro atoms. The van der Waals surface area contributed by atoms with Crippen molar-refractivity contribution in [1.82, 2.24) is 19.4 Å². The smallest absolute Gasteiger partial charge is 0.113 e. The first-order chi connectivity index (χ1) is 9.13. The van der Waals surface area contributed by atoms with Gasteiger partial charge < -0.3 is 4.57 Å². The molecule has 102 valence electrons. The van der Waals surface area contributed by atoms with E-state index < -0.39 is 0 Å². The summed E-state index contributed by atoms with van der Waals surface area (Å²) < 4.78 is 2.18. The molecule has 19 heavy (non-hydrogen) atoms. The SMILES string of the molecule is Cc1cn(C)c(C2CCN(Cc3scnc3C)C2)n1. The van der Waals surface area contributed by atoms with Gasteiger partial charge in [-0.1, -0.05) is 0 Å². The summed E-state index contributed by atoms with van der Waals surface area (Å²) in [4.78, 5) is 12.9. The Morgan fingerprint density at radius 3 is 2.89 bits per heavy atom. The Labute approximate surface area is 118 Å². The van der Waals surface area contributed by atoms with Crippen molar-refractivity contribution in [1.29, 1.82) is 0 Å². The third-order valence-electron chi connectivity index (χ3n) is 3.88. The van der Waals surface area contributed by atoms with Crippen molar-refractivity contribution in [2.24, 2.45) is 7.05 Å². The lowest BCUT2D eigenvalue weighted by atomic mass is 10.1. The standard InChI is InChI=1S/C14H20N4S/c1-10-6-17(3)14(16-10)12-4-5-18(7-12)8-13-11(2)15-9-19-13/h6,9,12H,4-5,7-8H2,1-3H3. The van der Waals surface area contributed by atoms with Crippen LogP contribution in [0.5, 0.6) is 0 Å². The Hall–Kier alpha value is -1.20. The van der Waals surface area contributed by atoms with Crippen LogP contribution < -0.4 is 0 Å². The molecule has 5 heteroatoms. The van der Waals surface area contributed by atoms with E-state index in [0.717, 1.165) is 25.3 Å². The molecule has 0 bridgehead atoms. The van der Waals surface area contributed by atoms with Gasteiger partial charge >= 0.3 is 0 Å². The number of rotatable bonds is 3. The van der Waals surface area contributed by atoms with Crippen molar-refractivity contribution in [2.45, 2.75) is 32.7 Å². The highest BCUT2D eigenvalue weighted by Crippen LogP contribution is 2.28. The van der Waals surface area contributed by atoms with Gasteiger partial charge in [0, 0.05) is 37.1 Å². The first kappa shape index (κ1) is 12.8. The van der Waals surface area contributed by atoms with E-state index >= 15 is 0 Å². The quantitative estimate of drug-likeness (QED) is 0.863. The minimum absolute atomic E-state index is 0.576. The molecule has 0 N–H and O–H groups in total. The molecular formula is C14H20N4S. The van der Waals surface area contributed by atoms with Crippen LogP contribution in [-0.2, 0) is 13.6 Å². The number of aromatic nitrogens is 3. The average Bonchev–Trinajstić information content (AvgIpc) is 3.03. The van der Waals surface area contributed by atoms with Gasteiger partial charge in [-0.15, -0.1) is 11.3 Å². The number of aryl methyl sites for hydroxylation is 3. The first-order valence-corrected chi connectivity index (χ1v) is 7.62. The minimum atomic E-state index is 0.576. The van der Waals surface area contributed by atoms with Gasteiger partial charge in [-0.25, -0.2) is 9.97 Å². The van der Waals surface area contributed by atoms with Crippen LogP contribution in [0.2, 0.25) is 0 Å². The third kappa shape index (κ3) is 2.58. The fourth-order valence-corrected chi connectivity index (χ4v) is 3.70. The van der Waals surface area contributed by atoms with Crippen LogP contribution in [0.25, 0.3) is 0 Å². The summed E-state index contributed by atoms with van der Waals surface area (Å²) in [7, 11) is 2.10. The largest absolute Gasteiger partial charge is 0.337 e. The van der Waals surface area contributed by atoms with Crippen molar-refractivity contribution in [3.05, 3.63) is 33.8 Å². The summed E-state index contributed by atoms with van der Waals surface area (Å²) in [6, 6.07) is 0.